The number of rotatable bonds is 13. The third-order valence-electron chi connectivity index (χ3n) is 3.09. The fourth-order valence-corrected chi connectivity index (χ4v) is 2.00. The molecule has 0 aliphatic heterocycles. The van der Waals surface area contributed by atoms with Crippen LogP contribution in [-0.4, -0.2) is 17.6 Å². The summed E-state index contributed by atoms with van der Waals surface area (Å²) in [6, 6.07) is 0. The highest BCUT2D eigenvalue weighted by atomic mass is 16.4. The van der Waals surface area contributed by atoms with E-state index in [0.29, 0.717) is 0 Å². The molecule has 0 saturated heterocycles. The fourth-order valence-electron chi connectivity index (χ4n) is 2.00. The lowest BCUT2D eigenvalue weighted by Gasteiger charge is -2.01. The third-order valence-corrected chi connectivity index (χ3v) is 3.09. The average Bonchev–Trinajstić information content (AvgIpc) is 2.34. The standard InChI is InChI=1S/C15H29NO2/c16-14-12-10-8-6-4-2-1-3-5-7-9-11-13-15(17)18/h11,13H,1-10,12,14,16H2,(H,17,18). The van der Waals surface area contributed by atoms with Crippen LogP contribution < -0.4 is 5.73 Å². The predicted molar refractivity (Wildman–Crippen MR) is 76.6 cm³/mol. The number of hydrogen-bond acceptors (Lipinski definition) is 2. The Morgan fingerprint density at radius 2 is 1.28 bits per heavy atom. The van der Waals surface area contributed by atoms with Crippen molar-refractivity contribution in [1.29, 1.82) is 0 Å². The molecule has 0 unspecified atom stereocenters. The van der Waals surface area contributed by atoms with E-state index in [0.717, 1.165) is 19.4 Å². The van der Waals surface area contributed by atoms with Crippen molar-refractivity contribution in [1.82, 2.24) is 0 Å². The maximum atomic E-state index is 10.2. The van der Waals surface area contributed by atoms with Crippen LogP contribution in [0.25, 0.3) is 0 Å². The van der Waals surface area contributed by atoms with E-state index in [1.165, 1.54) is 63.9 Å². The van der Waals surface area contributed by atoms with Gasteiger partial charge in [0.1, 0.15) is 0 Å². The van der Waals surface area contributed by atoms with Crippen molar-refractivity contribution in [3.8, 4) is 0 Å². The number of carboxylic acids is 1. The van der Waals surface area contributed by atoms with Gasteiger partial charge in [-0.1, -0.05) is 57.4 Å². The molecule has 3 heteroatoms. The first-order valence-electron chi connectivity index (χ1n) is 7.37. The van der Waals surface area contributed by atoms with Gasteiger partial charge in [0, 0.05) is 6.08 Å². The van der Waals surface area contributed by atoms with Crippen LogP contribution in [0.15, 0.2) is 12.2 Å². The summed E-state index contributed by atoms with van der Waals surface area (Å²) < 4.78 is 0. The maximum Gasteiger partial charge on any atom is 0.327 e. The van der Waals surface area contributed by atoms with Gasteiger partial charge < -0.3 is 10.8 Å². The van der Waals surface area contributed by atoms with Crippen molar-refractivity contribution < 1.29 is 9.90 Å². The van der Waals surface area contributed by atoms with Gasteiger partial charge in [-0.15, -0.1) is 0 Å². The minimum Gasteiger partial charge on any atom is -0.478 e. The van der Waals surface area contributed by atoms with E-state index >= 15 is 0 Å². The van der Waals surface area contributed by atoms with Crippen molar-refractivity contribution >= 4 is 5.97 Å². The number of allylic oxidation sites excluding steroid dienone is 1. The number of carbonyl (C=O) groups is 1. The molecule has 106 valence electrons. The summed E-state index contributed by atoms with van der Waals surface area (Å²) in [5.41, 5.74) is 5.44. The zero-order valence-electron chi connectivity index (χ0n) is 11.6. The first-order valence-corrected chi connectivity index (χ1v) is 7.37. The monoisotopic (exact) mass is 255 g/mol. The smallest absolute Gasteiger partial charge is 0.327 e. The van der Waals surface area contributed by atoms with Crippen molar-refractivity contribution in [2.24, 2.45) is 5.73 Å². The topological polar surface area (TPSA) is 63.3 Å². The van der Waals surface area contributed by atoms with Gasteiger partial charge in [0.05, 0.1) is 0 Å². The second-order valence-corrected chi connectivity index (χ2v) is 4.85. The zero-order chi connectivity index (χ0) is 13.5. The molecule has 0 rings (SSSR count). The molecule has 3 N–H and O–H groups in total. The number of nitrogens with two attached hydrogens (primary N) is 1. The normalized spacial score (nSPS) is 11.2. The summed E-state index contributed by atoms with van der Waals surface area (Å²) in [5, 5.41) is 8.40. The lowest BCUT2D eigenvalue weighted by Crippen LogP contribution is -1.97. The van der Waals surface area contributed by atoms with E-state index < -0.39 is 5.97 Å². The molecule has 0 aliphatic carbocycles. The molecule has 3 nitrogen and oxygen atoms in total. The summed E-state index contributed by atoms with van der Waals surface area (Å²) in [6.45, 7) is 0.830. The lowest BCUT2D eigenvalue weighted by atomic mass is 10.1. The summed E-state index contributed by atoms with van der Waals surface area (Å²) in [4.78, 5) is 10.2. The van der Waals surface area contributed by atoms with Crippen LogP contribution in [0.2, 0.25) is 0 Å². The Labute approximate surface area is 111 Å². The van der Waals surface area contributed by atoms with E-state index in [1.807, 2.05) is 0 Å². The number of hydrogen-bond donors (Lipinski definition) is 2. The van der Waals surface area contributed by atoms with E-state index in [4.69, 9.17) is 10.8 Å². The predicted octanol–water partition coefficient (Wildman–Crippen LogP) is 3.88. The second-order valence-electron chi connectivity index (χ2n) is 4.85. The van der Waals surface area contributed by atoms with Gasteiger partial charge in [-0.3, -0.25) is 0 Å². The average molecular weight is 255 g/mol. The Kier molecular flexibility index (Phi) is 13.6. The van der Waals surface area contributed by atoms with Gasteiger partial charge in [0.15, 0.2) is 0 Å². The molecule has 0 amide bonds. The number of aliphatic carboxylic acids is 1. The summed E-state index contributed by atoms with van der Waals surface area (Å²) >= 11 is 0. The Balaban J connectivity index is 3.01. The molecule has 0 radical (unpaired) electrons. The van der Waals surface area contributed by atoms with Crippen LogP contribution in [-0.2, 0) is 4.79 Å². The van der Waals surface area contributed by atoms with Crippen LogP contribution >= 0.6 is 0 Å². The molecular formula is C15H29NO2. The highest BCUT2D eigenvalue weighted by Crippen LogP contribution is 2.11. The summed E-state index contributed by atoms with van der Waals surface area (Å²) in [6.07, 6.45) is 16.6. The van der Waals surface area contributed by atoms with Crippen LogP contribution in [0.4, 0.5) is 0 Å². The Bertz CT molecular complexity index is 215. The first-order chi connectivity index (χ1) is 8.77. The van der Waals surface area contributed by atoms with Gasteiger partial charge in [-0.25, -0.2) is 4.79 Å². The van der Waals surface area contributed by atoms with Gasteiger partial charge in [-0.2, -0.15) is 0 Å². The van der Waals surface area contributed by atoms with Crippen molar-refractivity contribution in [2.45, 2.75) is 70.6 Å². The molecule has 0 saturated carbocycles. The fraction of sp³-hybridized carbons (Fsp3) is 0.800. The molecule has 18 heavy (non-hydrogen) atoms. The van der Waals surface area contributed by atoms with E-state index in [2.05, 4.69) is 0 Å². The highest BCUT2D eigenvalue weighted by Gasteiger charge is 1.92. The van der Waals surface area contributed by atoms with Crippen molar-refractivity contribution in [3.05, 3.63) is 12.2 Å². The number of carboxylic acid groups (broad SMARTS) is 1. The van der Waals surface area contributed by atoms with Gasteiger partial charge >= 0.3 is 5.97 Å². The maximum absolute atomic E-state index is 10.2. The molecule has 0 fully saturated rings. The molecule has 0 aromatic carbocycles. The van der Waals surface area contributed by atoms with E-state index in [-0.39, 0.29) is 0 Å². The summed E-state index contributed by atoms with van der Waals surface area (Å²) in [7, 11) is 0. The summed E-state index contributed by atoms with van der Waals surface area (Å²) in [5.74, 6) is -0.843. The molecule has 0 spiro atoms. The van der Waals surface area contributed by atoms with Crippen LogP contribution in [0.1, 0.15) is 70.6 Å². The van der Waals surface area contributed by atoms with Crippen molar-refractivity contribution in [2.75, 3.05) is 6.54 Å². The molecule has 0 aromatic heterocycles. The first kappa shape index (κ1) is 17.2. The molecule has 0 aromatic rings. The Morgan fingerprint density at radius 1 is 0.833 bits per heavy atom. The quantitative estimate of drug-likeness (QED) is 0.388. The van der Waals surface area contributed by atoms with Gasteiger partial charge in [-0.05, 0) is 25.8 Å². The van der Waals surface area contributed by atoms with Crippen molar-refractivity contribution in [3.63, 3.8) is 0 Å². The Hall–Kier alpha value is -0.830. The highest BCUT2D eigenvalue weighted by molar-refractivity contribution is 5.79. The number of unbranched alkanes of at least 4 members (excludes halogenated alkanes) is 10. The molecular weight excluding hydrogens is 226 g/mol. The van der Waals surface area contributed by atoms with Crippen LogP contribution in [0.5, 0.6) is 0 Å². The largest absolute Gasteiger partial charge is 0.478 e. The van der Waals surface area contributed by atoms with Crippen LogP contribution in [0.3, 0.4) is 0 Å². The molecule has 0 aliphatic rings. The van der Waals surface area contributed by atoms with Crippen LogP contribution in [0, 0.1) is 0 Å². The third kappa shape index (κ3) is 15.2. The molecule has 0 heterocycles. The van der Waals surface area contributed by atoms with Gasteiger partial charge in [0.25, 0.3) is 0 Å². The lowest BCUT2D eigenvalue weighted by molar-refractivity contribution is -0.131. The molecule has 0 bridgehead atoms. The molecule has 0 atom stereocenters. The SMILES string of the molecule is NCCCCCCCCCCCCC=CC(=O)O. The van der Waals surface area contributed by atoms with E-state index in [9.17, 15) is 4.79 Å². The van der Waals surface area contributed by atoms with Gasteiger partial charge in [0.2, 0.25) is 0 Å². The second kappa shape index (κ2) is 14.2. The zero-order valence-corrected chi connectivity index (χ0v) is 11.6. The Morgan fingerprint density at radius 3 is 1.72 bits per heavy atom. The van der Waals surface area contributed by atoms with E-state index in [1.54, 1.807) is 6.08 Å². The minimum atomic E-state index is -0.843. The minimum absolute atomic E-state index is 0.830.